The van der Waals surface area contributed by atoms with Gasteiger partial charge < -0.3 is 9.73 Å². The summed E-state index contributed by atoms with van der Waals surface area (Å²) in [4.78, 5) is 28.3. The third-order valence-corrected chi connectivity index (χ3v) is 4.69. The van der Waals surface area contributed by atoms with Gasteiger partial charge in [-0.1, -0.05) is 12.1 Å². The smallest absolute Gasteiger partial charge is 0.408 e. The van der Waals surface area contributed by atoms with Gasteiger partial charge in [0.25, 0.3) is 0 Å². The number of hydrogen-bond donors (Lipinski definition) is 1. The number of piperazine rings is 1. The number of hydrogen-bond acceptors (Lipinski definition) is 5. The summed E-state index contributed by atoms with van der Waals surface area (Å²) in [6.45, 7) is 4.34. The van der Waals surface area contributed by atoms with Gasteiger partial charge >= 0.3 is 5.76 Å². The number of rotatable bonds is 5. The van der Waals surface area contributed by atoms with Crippen molar-refractivity contribution in [3.8, 4) is 0 Å². The van der Waals surface area contributed by atoms with Gasteiger partial charge in [-0.15, -0.1) is 0 Å². The van der Waals surface area contributed by atoms with Crippen LogP contribution in [0.3, 0.4) is 0 Å². The van der Waals surface area contributed by atoms with E-state index in [0.29, 0.717) is 24.8 Å². The van der Waals surface area contributed by atoms with Crippen molar-refractivity contribution in [2.45, 2.75) is 25.6 Å². The molecule has 7 nitrogen and oxygen atoms in total. The van der Waals surface area contributed by atoms with E-state index in [-0.39, 0.29) is 11.7 Å². The lowest BCUT2D eigenvalue weighted by Gasteiger charge is -2.34. The average molecular weight is 330 g/mol. The van der Waals surface area contributed by atoms with E-state index >= 15 is 0 Å². The fraction of sp³-hybridized carbons (Fsp3) is 0.529. The Kier molecular flexibility index (Phi) is 4.12. The average Bonchev–Trinajstić information content (AvgIpc) is 3.33. The number of nitrogens with zero attached hydrogens (tertiary/aromatic N) is 3. The highest BCUT2D eigenvalue weighted by Crippen LogP contribution is 2.18. The molecule has 2 fully saturated rings. The molecule has 2 heterocycles. The van der Waals surface area contributed by atoms with Gasteiger partial charge in [-0.3, -0.25) is 19.2 Å². The minimum absolute atomic E-state index is 0.128. The number of aromatic nitrogens is 1. The monoisotopic (exact) mass is 330 g/mol. The van der Waals surface area contributed by atoms with E-state index in [0.717, 1.165) is 44.5 Å². The van der Waals surface area contributed by atoms with Gasteiger partial charge in [-0.25, -0.2) is 4.79 Å². The summed E-state index contributed by atoms with van der Waals surface area (Å²) in [5.41, 5.74) is 1.45. The molecule has 1 N–H and O–H groups in total. The van der Waals surface area contributed by atoms with Crippen molar-refractivity contribution in [3.63, 3.8) is 0 Å². The molecule has 0 atom stereocenters. The molecule has 7 heteroatoms. The molecule has 0 unspecified atom stereocenters. The summed E-state index contributed by atoms with van der Waals surface area (Å²) >= 11 is 0. The van der Waals surface area contributed by atoms with E-state index in [1.807, 2.05) is 24.3 Å². The quantitative estimate of drug-likeness (QED) is 0.862. The van der Waals surface area contributed by atoms with Crippen molar-refractivity contribution in [2.24, 2.45) is 0 Å². The molecule has 2 aliphatic rings. The van der Waals surface area contributed by atoms with Gasteiger partial charge in [0.2, 0.25) is 5.91 Å². The third-order valence-electron chi connectivity index (χ3n) is 4.69. The number of fused-ring (bicyclic) bond motifs is 1. The first-order valence-electron chi connectivity index (χ1n) is 8.51. The Morgan fingerprint density at radius 1 is 1.12 bits per heavy atom. The second-order valence-electron chi connectivity index (χ2n) is 6.64. The van der Waals surface area contributed by atoms with Gasteiger partial charge in [0, 0.05) is 32.2 Å². The molecule has 2 aromatic rings. The van der Waals surface area contributed by atoms with E-state index in [1.54, 1.807) is 4.57 Å². The van der Waals surface area contributed by atoms with Crippen LogP contribution in [-0.2, 0) is 11.5 Å². The minimum atomic E-state index is -0.317. The highest BCUT2D eigenvalue weighted by molar-refractivity contribution is 5.78. The highest BCUT2D eigenvalue weighted by atomic mass is 16.4. The first-order chi connectivity index (χ1) is 11.7. The maximum absolute atomic E-state index is 12.0. The van der Waals surface area contributed by atoms with Crippen molar-refractivity contribution >= 4 is 17.0 Å². The lowest BCUT2D eigenvalue weighted by atomic mass is 10.3. The lowest BCUT2D eigenvalue weighted by molar-refractivity contribution is -0.122. The topological polar surface area (TPSA) is 70.7 Å². The van der Waals surface area contributed by atoms with Crippen LogP contribution < -0.4 is 11.1 Å². The highest BCUT2D eigenvalue weighted by Gasteiger charge is 2.25. The minimum Gasteiger partial charge on any atom is -0.408 e. The van der Waals surface area contributed by atoms with Crippen molar-refractivity contribution in [1.82, 2.24) is 19.7 Å². The molecular formula is C17H22N4O3. The number of amides is 1. The molecule has 0 radical (unpaired) electrons. The van der Waals surface area contributed by atoms with E-state index in [4.69, 9.17) is 4.42 Å². The Morgan fingerprint density at radius 2 is 1.83 bits per heavy atom. The number of carbonyl (C=O) groups is 1. The SMILES string of the molecule is O=C(CN1CCN(Cn2c(=O)oc3ccccc32)CC1)NC1CC1. The van der Waals surface area contributed by atoms with E-state index < -0.39 is 0 Å². The summed E-state index contributed by atoms with van der Waals surface area (Å²) in [5.74, 6) is -0.189. The molecule has 1 aliphatic carbocycles. The summed E-state index contributed by atoms with van der Waals surface area (Å²) < 4.78 is 6.95. The first kappa shape index (κ1) is 15.4. The Morgan fingerprint density at radius 3 is 2.58 bits per heavy atom. The van der Waals surface area contributed by atoms with Crippen LogP contribution in [0.2, 0.25) is 0 Å². The molecular weight excluding hydrogens is 308 g/mol. The van der Waals surface area contributed by atoms with E-state index in [2.05, 4.69) is 15.1 Å². The molecule has 128 valence electrons. The predicted molar refractivity (Wildman–Crippen MR) is 89.7 cm³/mol. The van der Waals surface area contributed by atoms with Crippen LogP contribution in [0, 0.1) is 0 Å². The van der Waals surface area contributed by atoms with Gasteiger partial charge in [-0.05, 0) is 25.0 Å². The van der Waals surface area contributed by atoms with Gasteiger partial charge in [0.15, 0.2) is 5.58 Å². The maximum atomic E-state index is 12.0. The second kappa shape index (κ2) is 6.41. The first-order valence-corrected chi connectivity index (χ1v) is 8.51. The van der Waals surface area contributed by atoms with Crippen LogP contribution >= 0.6 is 0 Å². The molecule has 1 aliphatic heterocycles. The third kappa shape index (κ3) is 3.37. The Bertz CT molecular complexity index is 784. The van der Waals surface area contributed by atoms with E-state index in [9.17, 15) is 9.59 Å². The number of carbonyl (C=O) groups excluding carboxylic acids is 1. The van der Waals surface area contributed by atoms with Gasteiger partial charge in [0.05, 0.1) is 18.7 Å². The number of oxazole rings is 1. The molecule has 0 bridgehead atoms. The van der Waals surface area contributed by atoms with Crippen molar-refractivity contribution < 1.29 is 9.21 Å². The van der Waals surface area contributed by atoms with E-state index in [1.165, 1.54) is 0 Å². The zero-order chi connectivity index (χ0) is 16.5. The Hall–Kier alpha value is -2.12. The molecule has 0 spiro atoms. The summed E-state index contributed by atoms with van der Waals surface area (Å²) in [7, 11) is 0. The largest absolute Gasteiger partial charge is 0.421 e. The number of para-hydroxylation sites is 2. The fourth-order valence-corrected chi connectivity index (χ4v) is 3.14. The summed E-state index contributed by atoms with van der Waals surface area (Å²) in [6, 6.07) is 7.90. The Balaban J connectivity index is 1.33. The zero-order valence-electron chi connectivity index (χ0n) is 13.6. The van der Waals surface area contributed by atoms with Crippen LogP contribution in [0.25, 0.3) is 11.1 Å². The molecule has 1 aromatic carbocycles. The fourth-order valence-electron chi connectivity index (χ4n) is 3.14. The predicted octanol–water partition coefficient (Wildman–Crippen LogP) is 0.448. The van der Waals surface area contributed by atoms with Gasteiger partial charge in [-0.2, -0.15) is 0 Å². The van der Waals surface area contributed by atoms with Crippen LogP contribution in [0.5, 0.6) is 0 Å². The maximum Gasteiger partial charge on any atom is 0.421 e. The Labute approximate surface area is 139 Å². The lowest BCUT2D eigenvalue weighted by Crippen LogP contribution is -2.50. The summed E-state index contributed by atoms with van der Waals surface area (Å²) in [6.07, 6.45) is 2.24. The van der Waals surface area contributed by atoms with Crippen molar-refractivity contribution in [1.29, 1.82) is 0 Å². The van der Waals surface area contributed by atoms with Crippen molar-refractivity contribution in [3.05, 3.63) is 34.8 Å². The standard InChI is InChI=1S/C17H22N4O3/c22-16(18-13-5-6-13)11-19-7-9-20(10-8-19)12-21-14-3-1-2-4-15(14)24-17(21)23/h1-4,13H,5-12H2,(H,18,22). The molecule has 24 heavy (non-hydrogen) atoms. The normalized spacial score (nSPS) is 19.7. The number of benzene rings is 1. The zero-order valence-corrected chi connectivity index (χ0v) is 13.6. The van der Waals surface area contributed by atoms with Crippen LogP contribution in [0.15, 0.2) is 33.5 Å². The second-order valence-corrected chi connectivity index (χ2v) is 6.64. The molecule has 4 rings (SSSR count). The van der Waals surface area contributed by atoms with Crippen molar-refractivity contribution in [2.75, 3.05) is 32.7 Å². The van der Waals surface area contributed by atoms with Crippen LogP contribution in [-0.4, -0.2) is 59.0 Å². The van der Waals surface area contributed by atoms with Crippen LogP contribution in [0.4, 0.5) is 0 Å². The molecule has 1 amide bonds. The molecule has 1 saturated heterocycles. The van der Waals surface area contributed by atoms with Gasteiger partial charge in [0.1, 0.15) is 0 Å². The molecule has 1 aromatic heterocycles. The summed E-state index contributed by atoms with van der Waals surface area (Å²) in [5, 5.41) is 3.02. The molecule has 1 saturated carbocycles. The number of nitrogens with one attached hydrogen (secondary N) is 1. The van der Waals surface area contributed by atoms with Crippen LogP contribution in [0.1, 0.15) is 12.8 Å².